The maximum Gasteiger partial charge on any atom is 0.252 e. The molecule has 1 heterocycles. The minimum atomic E-state index is 0.0533. The minimum absolute atomic E-state index is 0.0533. The first kappa shape index (κ1) is 24.8. The molecule has 1 N–H and O–H groups in total. The number of Topliss-reactive ketones (excluding diaryl/α,β-unsaturated/α-hetero) is 1. The highest BCUT2D eigenvalue weighted by Crippen LogP contribution is 2.58. The highest BCUT2D eigenvalue weighted by molar-refractivity contribution is 7.12. The third-order valence-electron chi connectivity index (χ3n) is 8.19. The van der Waals surface area contributed by atoms with Crippen molar-refractivity contribution in [2.75, 3.05) is 7.11 Å². The summed E-state index contributed by atoms with van der Waals surface area (Å²) >= 11 is 1.71. The highest BCUT2D eigenvalue weighted by atomic mass is 32.1. The molecule has 0 bridgehead atoms. The van der Waals surface area contributed by atoms with Crippen molar-refractivity contribution in [1.29, 1.82) is 0 Å². The largest absolute Gasteiger partial charge is 0.497 e. The topological polar surface area (TPSA) is 55.4 Å². The molecule has 0 unspecified atom stereocenters. The number of amides is 1. The molecule has 2 aliphatic carbocycles. The predicted molar refractivity (Wildman–Crippen MR) is 146 cm³/mol. The second-order valence-corrected chi connectivity index (χ2v) is 12.4. The van der Waals surface area contributed by atoms with Crippen molar-refractivity contribution in [2.24, 2.45) is 11.3 Å². The van der Waals surface area contributed by atoms with Crippen LogP contribution >= 0.6 is 11.3 Å². The minimum Gasteiger partial charge on any atom is -0.497 e. The van der Waals surface area contributed by atoms with Crippen LogP contribution in [0.1, 0.15) is 69.4 Å². The smallest absolute Gasteiger partial charge is 0.252 e. The molecule has 2 saturated carbocycles. The molecule has 0 saturated heterocycles. The number of hydrogen-bond donors (Lipinski definition) is 1. The van der Waals surface area contributed by atoms with Crippen molar-refractivity contribution in [3.8, 4) is 16.9 Å². The van der Waals surface area contributed by atoms with E-state index in [-0.39, 0.29) is 17.9 Å². The summed E-state index contributed by atoms with van der Waals surface area (Å²) in [5.74, 6) is 1.48. The fourth-order valence-electron chi connectivity index (χ4n) is 6.24. The van der Waals surface area contributed by atoms with Crippen molar-refractivity contribution >= 4 is 23.0 Å². The molecule has 188 valence electrons. The first-order valence-corrected chi connectivity index (χ1v) is 13.6. The quantitative estimate of drug-likeness (QED) is 0.387. The van der Waals surface area contributed by atoms with E-state index in [1.54, 1.807) is 25.4 Å². The van der Waals surface area contributed by atoms with E-state index in [1.165, 1.54) is 16.0 Å². The molecule has 1 amide bonds. The van der Waals surface area contributed by atoms with Crippen LogP contribution in [0.3, 0.4) is 0 Å². The van der Waals surface area contributed by atoms with E-state index < -0.39 is 0 Å². The zero-order valence-corrected chi connectivity index (χ0v) is 22.7. The Morgan fingerprint density at radius 1 is 0.972 bits per heavy atom. The van der Waals surface area contributed by atoms with Gasteiger partial charge in [-0.05, 0) is 105 Å². The fourth-order valence-corrected chi connectivity index (χ4v) is 7.32. The monoisotopic (exact) mass is 501 g/mol. The Labute approximate surface area is 218 Å². The van der Waals surface area contributed by atoms with E-state index in [2.05, 4.69) is 62.5 Å². The molecule has 0 radical (unpaired) electrons. The van der Waals surface area contributed by atoms with Gasteiger partial charge < -0.3 is 10.1 Å². The maximum atomic E-state index is 13.3. The number of benzene rings is 2. The first-order chi connectivity index (χ1) is 17.2. The van der Waals surface area contributed by atoms with E-state index >= 15 is 0 Å². The molecule has 5 rings (SSSR count). The average Bonchev–Trinajstić information content (AvgIpc) is 3.06. The van der Waals surface area contributed by atoms with Gasteiger partial charge in [0.05, 0.1) is 12.7 Å². The molecule has 3 aromatic rings. The summed E-state index contributed by atoms with van der Waals surface area (Å²) in [4.78, 5) is 27.2. The lowest BCUT2D eigenvalue weighted by Crippen LogP contribution is -2.57. The number of hydrogen-bond acceptors (Lipinski definition) is 4. The number of ether oxygens (including phenoxy) is 1. The number of ketones is 1. The Morgan fingerprint density at radius 2 is 1.67 bits per heavy atom. The molecule has 5 heteroatoms. The molecule has 2 fully saturated rings. The van der Waals surface area contributed by atoms with Crippen molar-refractivity contribution in [1.82, 2.24) is 5.32 Å². The van der Waals surface area contributed by atoms with Gasteiger partial charge in [-0.2, -0.15) is 0 Å². The molecule has 0 atom stereocenters. The summed E-state index contributed by atoms with van der Waals surface area (Å²) in [7, 11) is 1.70. The fraction of sp³-hybridized carbons (Fsp3) is 0.419. The Bertz CT molecular complexity index is 1310. The molecular weight excluding hydrogens is 466 g/mol. The van der Waals surface area contributed by atoms with E-state index in [9.17, 15) is 9.59 Å². The summed E-state index contributed by atoms with van der Waals surface area (Å²) in [6, 6.07) is 15.1. The third-order valence-corrected chi connectivity index (χ3v) is 9.26. The van der Waals surface area contributed by atoms with Crippen molar-refractivity contribution in [3.05, 3.63) is 74.5 Å². The van der Waals surface area contributed by atoms with Gasteiger partial charge >= 0.3 is 0 Å². The number of carbonyl (C=O) groups is 2. The summed E-state index contributed by atoms with van der Waals surface area (Å²) in [5, 5.41) is 3.30. The van der Waals surface area contributed by atoms with Gasteiger partial charge in [0, 0.05) is 21.7 Å². The van der Waals surface area contributed by atoms with Crippen LogP contribution in [-0.2, 0) is 11.2 Å². The van der Waals surface area contributed by atoms with Crippen LogP contribution in [0, 0.1) is 32.1 Å². The Hall–Kier alpha value is -2.92. The van der Waals surface area contributed by atoms with Crippen LogP contribution in [0.5, 0.6) is 5.75 Å². The third kappa shape index (κ3) is 4.73. The summed E-state index contributed by atoms with van der Waals surface area (Å²) in [5.41, 5.74) is 6.94. The van der Waals surface area contributed by atoms with Gasteiger partial charge in [-0.1, -0.05) is 30.3 Å². The van der Waals surface area contributed by atoms with Gasteiger partial charge in [0.15, 0.2) is 0 Å². The molecule has 1 aromatic heterocycles. The Kier molecular flexibility index (Phi) is 6.54. The molecule has 1 spiro atoms. The second-order valence-electron chi connectivity index (χ2n) is 11.0. The standard InChI is InChI=1S/C31H35NO3S/c1-18-10-24(13-27(11-18)35-5)23-8-6-22(7-9-23)12-28-20(3)36-21(4)29(28)30(34)32-26-16-31(17-26)14-25(15-31)19(2)33/h6-11,13,25-26H,12,14-17H2,1-5H3,(H,32,34). The van der Waals surface area contributed by atoms with E-state index in [1.807, 2.05) is 6.07 Å². The van der Waals surface area contributed by atoms with Gasteiger partial charge in [0.2, 0.25) is 0 Å². The van der Waals surface area contributed by atoms with Gasteiger partial charge in [0.25, 0.3) is 5.91 Å². The number of carbonyl (C=O) groups excluding carboxylic acids is 2. The maximum absolute atomic E-state index is 13.3. The molecule has 2 aliphatic rings. The van der Waals surface area contributed by atoms with Crippen molar-refractivity contribution in [2.45, 2.75) is 65.8 Å². The Balaban J connectivity index is 1.27. The van der Waals surface area contributed by atoms with E-state index in [4.69, 9.17) is 4.74 Å². The van der Waals surface area contributed by atoms with Crippen LogP contribution in [0.15, 0.2) is 42.5 Å². The molecule has 4 nitrogen and oxygen atoms in total. The van der Waals surface area contributed by atoms with Crippen molar-refractivity contribution in [3.63, 3.8) is 0 Å². The highest BCUT2D eigenvalue weighted by Gasteiger charge is 2.54. The van der Waals surface area contributed by atoms with E-state index in [0.717, 1.165) is 65.0 Å². The molecule has 0 aliphatic heterocycles. The van der Waals surface area contributed by atoms with E-state index in [0.29, 0.717) is 11.2 Å². The van der Waals surface area contributed by atoms with Gasteiger partial charge in [0.1, 0.15) is 11.5 Å². The predicted octanol–water partition coefficient (Wildman–Crippen LogP) is 6.82. The Morgan fingerprint density at radius 3 is 2.31 bits per heavy atom. The van der Waals surface area contributed by atoms with Crippen LogP contribution in [0.2, 0.25) is 0 Å². The average molecular weight is 502 g/mol. The zero-order valence-electron chi connectivity index (χ0n) is 21.9. The van der Waals surface area contributed by atoms with Crippen molar-refractivity contribution < 1.29 is 14.3 Å². The lowest BCUT2D eigenvalue weighted by atomic mass is 9.49. The van der Waals surface area contributed by atoms with Gasteiger partial charge in [-0.3, -0.25) is 9.59 Å². The first-order valence-electron chi connectivity index (χ1n) is 12.8. The number of methoxy groups -OCH3 is 1. The summed E-state index contributed by atoms with van der Waals surface area (Å²) in [6.45, 7) is 7.95. The second kappa shape index (κ2) is 9.51. The molecule has 36 heavy (non-hydrogen) atoms. The van der Waals surface area contributed by atoms with Gasteiger partial charge in [-0.15, -0.1) is 11.3 Å². The molecular formula is C31H35NO3S. The zero-order chi connectivity index (χ0) is 25.6. The normalized spacial score (nSPS) is 22.6. The number of thiophene rings is 1. The summed E-state index contributed by atoms with van der Waals surface area (Å²) < 4.78 is 5.44. The van der Waals surface area contributed by atoms with Crippen LogP contribution in [0.25, 0.3) is 11.1 Å². The number of nitrogens with one attached hydrogen (secondary N) is 1. The molecule has 2 aromatic carbocycles. The van der Waals surface area contributed by atoms with Crippen LogP contribution < -0.4 is 10.1 Å². The summed E-state index contributed by atoms with van der Waals surface area (Å²) in [6.07, 6.45) is 4.76. The SMILES string of the molecule is COc1cc(C)cc(-c2ccc(Cc3c(C)sc(C)c3C(=O)NC3CC4(C3)CC(C(C)=O)C4)cc2)c1. The number of rotatable bonds is 7. The number of aryl methyl sites for hydroxylation is 3. The van der Waals surface area contributed by atoms with Crippen LogP contribution in [0.4, 0.5) is 0 Å². The van der Waals surface area contributed by atoms with Gasteiger partial charge in [-0.25, -0.2) is 0 Å². The lowest BCUT2D eigenvalue weighted by molar-refractivity contribution is -0.134. The lowest BCUT2D eigenvalue weighted by Gasteiger charge is -2.57. The van der Waals surface area contributed by atoms with Crippen LogP contribution in [-0.4, -0.2) is 24.8 Å².